The predicted molar refractivity (Wildman–Crippen MR) is 75.8 cm³/mol. The van der Waals surface area contributed by atoms with Crippen molar-refractivity contribution in [1.82, 2.24) is 4.98 Å². The van der Waals surface area contributed by atoms with Gasteiger partial charge in [-0.25, -0.2) is 4.98 Å². The van der Waals surface area contributed by atoms with Crippen LogP contribution in [0, 0.1) is 10.1 Å². The molecule has 2 aromatic rings. The molecule has 20 heavy (non-hydrogen) atoms. The third kappa shape index (κ3) is 2.42. The highest BCUT2D eigenvalue weighted by Crippen LogP contribution is 2.23. The lowest BCUT2D eigenvalue weighted by Crippen LogP contribution is -2.27. The van der Waals surface area contributed by atoms with Gasteiger partial charge in [0.15, 0.2) is 0 Å². The van der Waals surface area contributed by atoms with Crippen LogP contribution in [-0.2, 0) is 4.74 Å². The molecule has 1 fully saturated rings. The molecule has 3 rings (SSSR count). The Labute approximate surface area is 115 Å². The number of hydrogen-bond acceptors (Lipinski definition) is 5. The molecule has 6 nitrogen and oxygen atoms in total. The van der Waals surface area contributed by atoms with E-state index in [2.05, 4.69) is 10.3 Å². The Balaban J connectivity index is 1.87. The molecule has 1 aliphatic heterocycles. The van der Waals surface area contributed by atoms with Crippen LogP contribution in [0.25, 0.3) is 10.9 Å². The minimum Gasteiger partial charge on any atom is -0.376 e. The van der Waals surface area contributed by atoms with E-state index in [1.54, 1.807) is 6.07 Å². The summed E-state index contributed by atoms with van der Waals surface area (Å²) in [4.78, 5) is 14.8. The van der Waals surface area contributed by atoms with Crippen molar-refractivity contribution in [2.75, 3.05) is 11.9 Å². The van der Waals surface area contributed by atoms with Crippen molar-refractivity contribution < 1.29 is 9.66 Å². The van der Waals surface area contributed by atoms with Crippen LogP contribution in [0.1, 0.15) is 13.3 Å². The molecule has 1 aromatic heterocycles. The van der Waals surface area contributed by atoms with Crippen LogP contribution in [0.4, 0.5) is 11.5 Å². The number of benzene rings is 1. The average molecular weight is 273 g/mol. The third-order valence-corrected chi connectivity index (χ3v) is 3.59. The number of nitrogens with one attached hydrogen (secondary N) is 1. The topological polar surface area (TPSA) is 77.3 Å². The number of nitro groups is 1. The summed E-state index contributed by atoms with van der Waals surface area (Å²) in [5.74, 6) is 0.772. The summed E-state index contributed by atoms with van der Waals surface area (Å²) in [5.41, 5.74) is 0.824. The largest absolute Gasteiger partial charge is 0.376 e. The van der Waals surface area contributed by atoms with Crippen LogP contribution < -0.4 is 5.32 Å². The van der Waals surface area contributed by atoms with Crippen LogP contribution >= 0.6 is 0 Å². The summed E-state index contributed by atoms with van der Waals surface area (Å²) in [7, 11) is 0. The fourth-order valence-corrected chi connectivity index (χ4v) is 2.42. The molecule has 6 heteroatoms. The fourth-order valence-electron chi connectivity index (χ4n) is 2.42. The molecule has 2 heterocycles. The van der Waals surface area contributed by atoms with Gasteiger partial charge in [-0.15, -0.1) is 0 Å². The molecule has 0 aliphatic carbocycles. The van der Waals surface area contributed by atoms with Crippen LogP contribution in [-0.4, -0.2) is 28.7 Å². The number of ether oxygens (including phenoxy) is 1. The zero-order chi connectivity index (χ0) is 14.1. The van der Waals surface area contributed by atoms with Gasteiger partial charge >= 0.3 is 0 Å². The van der Waals surface area contributed by atoms with E-state index >= 15 is 0 Å². The molecule has 0 bridgehead atoms. The third-order valence-electron chi connectivity index (χ3n) is 3.59. The van der Waals surface area contributed by atoms with Gasteiger partial charge in [0.1, 0.15) is 5.82 Å². The van der Waals surface area contributed by atoms with Crippen molar-refractivity contribution in [3.63, 3.8) is 0 Å². The monoisotopic (exact) mass is 273 g/mol. The van der Waals surface area contributed by atoms with Gasteiger partial charge in [-0.05, 0) is 31.5 Å². The van der Waals surface area contributed by atoms with Crippen LogP contribution in [0.5, 0.6) is 0 Å². The van der Waals surface area contributed by atoms with E-state index in [1.165, 1.54) is 12.1 Å². The Morgan fingerprint density at radius 2 is 2.25 bits per heavy atom. The number of nitrogens with zero attached hydrogens (tertiary/aromatic N) is 2. The zero-order valence-corrected chi connectivity index (χ0v) is 11.1. The van der Waals surface area contributed by atoms with Crippen molar-refractivity contribution in [3.8, 4) is 0 Å². The summed E-state index contributed by atoms with van der Waals surface area (Å²) < 4.78 is 5.50. The molecule has 2 atom stereocenters. The SMILES string of the molecule is CC1OCCC1Nc1ccc2cc([N+](=O)[O-])ccc2n1. The summed E-state index contributed by atoms with van der Waals surface area (Å²) in [6, 6.07) is 8.63. The second kappa shape index (κ2) is 5.05. The van der Waals surface area contributed by atoms with Gasteiger partial charge in [-0.2, -0.15) is 0 Å². The van der Waals surface area contributed by atoms with E-state index in [4.69, 9.17) is 4.74 Å². The van der Waals surface area contributed by atoms with Gasteiger partial charge in [0.25, 0.3) is 5.69 Å². The molecule has 1 N–H and O–H groups in total. The highest BCUT2D eigenvalue weighted by atomic mass is 16.6. The number of pyridine rings is 1. The molecular formula is C14H15N3O3. The van der Waals surface area contributed by atoms with Gasteiger partial charge in [-0.1, -0.05) is 0 Å². The van der Waals surface area contributed by atoms with Crippen molar-refractivity contribution in [3.05, 3.63) is 40.4 Å². The predicted octanol–water partition coefficient (Wildman–Crippen LogP) is 2.73. The van der Waals surface area contributed by atoms with Crippen LogP contribution in [0.3, 0.4) is 0 Å². The molecule has 0 radical (unpaired) electrons. The minimum atomic E-state index is -0.400. The van der Waals surface area contributed by atoms with Crippen molar-refractivity contribution in [1.29, 1.82) is 0 Å². The number of aromatic nitrogens is 1. The first kappa shape index (κ1) is 12.8. The highest BCUT2D eigenvalue weighted by Gasteiger charge is 2.24. The van der Waals surface area contributed by atoms with Crippen molar-refractivity contribution >= 4 is 22.4 Å². The summed E-state index contributed by atoms with van der Waals surface area (Å²) in [6.45, 7) is 2.80. The first-order chi connectivity index (χ1) is 9.63. The number of rotatable bonds is 3. The normalized spacial score (nSPS) is 22.1. The van der Waals surface area contributed by atoms with Gasteiger partial charge < -0.3 is 10.1 Å². The minimum absolute atomic E-state index is 0.0813. The Morgan fingerprint density at radius 1 is 1.40 bits per heavy atom. The molecule has 1 aliphatic rings. The number of anilines is 1. The van der Waals surface area contributed by atoms with Crippen LogP contribution in [0.2, 0.25) is 0 Å². The van der Waals surface area contributed by atoms with Gasteiger partial charge in [0.05, 0.1) is 22.6 Å². The molecule has 0 spiro atoms. The molecule has 0 amide bonds. The summed E-state index contributed by atoms with van der Waals surface area (Å²) in [5, 5.41) is 14.9. The molecule has 104 valence electrons. The summed E-state index contributed by atoms with van der Waals surface area (Å²) >= 11 is 0. The van der Waals surface area contributed by atoms with E-state index in [-0.39, 0.29) is 17.8 Å². The number of nitro benzene ring substituents is 1. The van der Waals surface area contributed by atoms with E-state index in [9.17, 15) is 10.1 Å². The van der Waals surface area contributed by atoms with E-state index in [0.29, 0.717) is 0 Å². The number of non-ortho nitro benzene ring substituents is 1. The number of fused-ring (bicyclic) bond motifs is 1. The average Bonchev–Trinajstić information content (AvgIpc) is 2.83. The maximum absolute atomic E-state index is 10.7. The van der Waals surface area contributed by atoms with E-state index in [0.717, 1.165) is 29.7 Å². The Hall–Kier alpha value is -2.21. The first-order valence-corrected chi connectivity index (χ1v) is 6.57. The lowest BCUT2D eigenvalue weighted by atomic mass is 10.1. The van der Waals surface area contributed by atoms with Crippen LogP contribution in [0.15, 0.2) is 30.3 Å². The lowest BCUT2D eigenvalue weighted by Gasteiger charge is -2.16. The second-order valence-corrected chi connectivity index (χ2v) is 4.95. The maximum Gasteiger partial charge on any atom is 0.270 e. The number of hydrogen-bond donors (Lipinski definition) is 1. The smallest absolute Gasteiger partial charge is 0.270 e. The standard InChI is InChI=1S/C14H15N3O3/c1-9-12(6-7-20-9)15-14-5-2-10-8-11(17(18)19)3-4-13(10)16-14/h2-5,8-9,12H,6-7H2,1H3,(H,15,16). The molecule has 1 saturated heterocycles. The molecular weight excluding hydrogens is 258 g/mol. The van der Waals surface area contributed by atoms with Gasteiger partial charge in [-0.3, -0.25) is 10.1 Å². The molecule has 1 aromatic carbocycles. The maximum atomic E-state index is 10.7. The molecule has 2 unspecified atom stereocenters. The highest BCUT2D eigenvalue weighted by molar-refractivity contribution is 5.82. The van der Waals surface area contributed by atoms with E-state index < -0.39 is 4.92 Å². The summed E-state index contributed by atoms with van der Waals surface area (Å²) in [6.07, 6.45) is 1.13. The van der Waals surface area contributed by atoms with Gasteiger partial charge in [0, 0.05) is 24.1 Å². The van der Waals surface area contributed by atoms with Crippen molar-refractivity contribution in [2.45, 2.75) is 25.5 Å². The zero-order valence-electron chi connectivity index (χ0n) is 11.1. The molecule has 0 saturated carbocycles. The fraction of sp³-hybridized carbons (Fsp3) is 0.357. The second-order valence-electron chi connectivity index (χ2n) is 4.95. The Bertz CT molecular complexity index is 659. The quantitative estimate of drug-likeness (QED) is 0.687. The Kier molecular flexibility index (Phi) is 3.23. The van der Waals surface area contributed by atoms with E-state index in [1.807, 2.05) is 19.1 Å². The lowest BCUT2D eigenvalue weighted by molar-refractivity contribution is -0.384. The Morgan fingerprint density at radius 3 is 2.95 bits per heavy atom. The first-order valence-electron chi connectivity index (χ1n) is 6.57. The van der Waals surface area contributed by atoms with Crippen molar-refractivity contribution in [2.24, 2.45) is 0 Å². The van der Waals surface area contributed by atoms with Gasteiger partial charge in [0.2, 0.25) is 0 Å².